The molecule has 2 rings (SSSR count). The second-order valence-corrected chi connectivity index (χ2v) is 4.93. The van der Waals surface area contributed by atoms with Gasteiger partial charge in [-0.2, -0.15) is 0 Å². The third kappa shape index (κ3) is 4.02. The Kier molecular flexibility index (Phi) is 5.49. The van der Waals surface area contributed by atoms with Crippen molar-refractivity contribution in [1.29, 1.82) is 0 Å². The Morgan fingerprint density at radius 3 is 2.80 bits per heavy atom. The normalized spacial score (nSPS) is 19.1. The maximum absolute atomic E-state index is 12.9. The first-order valence-corrected chi connectivity index (χ1v) is 6.96. The number of halogens is 1. The van der Waals surface area contributed by atoms with E-state index in [1.807, 2.05) is 0 Å². The van der Waals surface area contributed by atoms with Crippen LogP contribution in [-0.2, 0) is 9.53 Å². The summed E-state index contributed by atoms with van der Waals surface area (Å²) in [7, 11) is 0. The summed E-state index contributed by atoms with van der Waals surface area (Å²) in [5.74, 6) is -0.185. The molecule has 1 aromatic rings. The SMILES string of the molecule is O=C(CCCCO)N1CCOC(c2ccc(F)cc2)C1. The number of carbonyl (C=O) groups excluding carboxylic acids is 1. The number of carbonyl (C=O) groups is 1. The van der Waals surface area contributed by atoms with Crippen molar-refractivity contribution in [2.75, 3.05) is 26.3 Å². The van der Waals surface area contributed by atoms with Crippen molar-refractivity contribution in [3.05, 3.63) is 35.6 Å². The van der Waals surface area contributed by atoms with Crippen LogP contribution < -0.4 is 0 Å². The molecule has 1 N–H and O–H groups in total. The van der Waals surface area contributed by atoms with Gasteiger partial charge in [0.1, 0.15) is 11.9 Å². The predicted molar refractivity (Wildman–Crippen MR) is 72.6 cm³/mol. The number of aliphatic hydroxyl groups is 1. The van der Waals surface area contributed by atoms with Gasteiger partial charge in [0.15, 0.2) is 0 Å². The van der Waals surface area contributed by atoms with Crippen molar-refractivity contribution in [2.24, 2.45) is 0 Å². The van der Waals surface area contributed by atoms with E-state index >= 15 is 0 Å². The number of amides is 1. The molecule has 0 aromatic heterocycles. The lowest BCUT2D eigenvalue weighted by molar-refractivity contribution is -0.139. The summed E-state index contributed by atoms with van der Waals surface area (Å²) in [6.45, 7) is 1.71. The minimum Gasteiger partial charge on any atom is -0.396 e. The van der Waals surface area contributed by atoms with Gasteiger partial charge in [0.05, 0.1) is 13.2 Å². The molecular formula is C15H20FNO3. The second-order valence-electron chi connectivity index (χ2n) is 4.93. The average Bonchev–Trinajstić information content (AvgIpc) is 2.48. The molecule has 1 aromatic carbocycles. The first-order valence-electron chi connectivity index (χ1n) is 6.96. The van der Waals surface area contributed by atoms with Crippen LogP contribution in [0.3, 0.4) is 0 Å². The Morgan fingerprint density at radius 1 is 1.35 bits per heavy atom. The summed E-state index contributed by atoms with van der Waals surface area (Å²) < 4.78 is 18.6. The Morgan fingerprint density at radius 2 is 2.10 bits per heavy atom. The molecule has 0 radical (unpaired) electrons. The van der Waals surface area contributed by atoms with Gasteiger partial charge >= 0.3 is 0 Å². The molecule has 1 unspecified atom stereocenters. The van der Waals surface area contributed by atoms with Gasteiger partial charge in [0, 0.05) is 19.6 Å². The summed E-state index contributed by atoms with van der Waals surface area (Å²) in [4.78, 5) is 13.8. The zero-order chi connectivity index (χ0) is 14.4. The molecule has 110 valence electrons. The highest BCUT2D eigenvalue weighted by Gasteiger charge is 2.24. The van der Waals surface area contributed by atoms with E-state index in [0.29, 0.717) is 39.0 Å². The lowest BCUT2D eigenvalue weighted by atomic mass is 10.1. The fraction of sp³-hybridized carbons (Fsp3) is 0.533. The van der Waals surface area contributed by atoms with E-state index in [4.69, 9.17) is 9.84 Å². The van der Waals surface area contributed by atoms with Gasteiger partial charge in [-0.05, 0) is 30.5 Å². The van der Waals surface area contributed by atoms with Crippen LogP contribution >= 0.6 is 0 Å². The number of ether oxygens (including phenoxy) is 1. The van der Waals surface area contributed by atoms with E-state index in [1.54, 1.807) is 17.0 Å². The minimum absolute atomic E-state index is 0.0915. The number of unbranched alkanes of at least 4 members (excludes halogenated alkanes) is 1. The van der Waals surface area contributed by atoms with E-state index < -0.39 is 0 Å². The number of morpholine rings is 1. The van der Waals surface area contributed by atoms with Gasteiger partial charge in [-0.1, -0.05) is 12.1 Å². The highest BCUT2D eigenvalue weighted by molar-refractivity contribution is 5.76. The number of hydrogen-bond donors (Lipinski definition) is 1. The third-order valence-corrected chi connectivity index (χ3v) is 3.46. The monoisotopic (exact) mass is 281 g/mol. The molecule has 5 heteroatoms. The van der Waals surface area contributed by atoms with E-state index in [9.17, 15) is 9.18 Å². The van der Waals surface area contributed by atoms with Crippen LogP contribution in [0.1, 0.15) is 30.9 Å². The number of hydrogen-bond acceptors (Lipinski definition) is 3. The zero-order valence-corrected chi connectivity index (χ0v) is 11.4. The molecule has 20 heavy (non-hydrogen) atoms. The van der Waals surface area contributed by atoms with Crippen LogP contribution in [0.2, 0.25) is 0 Å². The molecule has 0 bridgehead atoms. The van der Waals surface area contributed by atoms with E-state index in [2.05, 4.69) is 0 Å². The number of aliphatic hydroxyl groups excluding tert-OH is 1. The first-order chi connectivity index (χ1) is 9.70. The van der Waals surface area contributed by atoms with Crippen LogP contribution in [0.5, 0.6) is 0 Å². The molecule has 1 heterocycles. The van der Waals surface area contributed by atoms with Crippen molar-refractivity contribution in [2.45, 2.75) is 25.4 Å². The smallest absolute Gasteiger partial charge is 0.222 e. The highest BCUT2D eigenvalue weighted by atomic mass is 19.1. The maximum atomic E-state index is 12.9. The van der Waals surface area contributed by atoms with Crippen molar-refractivity contribution in [3.63, 3.8) is 0 Å². The van der Waals surface area contributed by atoms with Crippen LogP contribution in [0.4, 0.5) is 4.39 Å². The van der Waals surface area contributed by atoms with Crippen LogP contribution in [0, 0.1) is 5.82 Å². The lowest BCUT2D eigenvalue weighted by Crippen LogP contribution is -2.42. The van der Waals surface area contributed by atoms with Gasteiger partial charge in [-0.25, -0.2) is 4.39 Å². The molecule has 0 saturated carbocycles. The van der Waals surface area contributed by atoms with Gasteiger partial charge in [0.25, 0.3) is 0 Å². The van der Waals surface area contributed by atoms with Crippen molar-refractivity contribution in [3.8, 4) is 0 Å². The largest absolute Gasteiger partial charge is 0.396 e. The summed E-state index contributed by atoms with van der Waals surface area (Å²) in [5.41, 5.74) is 0.888. The van der Waals surface area contributed by atoms with Crippen molar-refractivity contribution in [1.82, 2.24) is 4.90 Å². The Bertz CT molecular complexity index is 435. The minimum atomic E-state index is -0.276. The predicted octanol–water partition coefficient (Wildman–Crippen LogP) is 1.89. The summed E-state index contributed by atoms with van der Waals surface area (Å²) >= 11 is 0. The first kappa shape index (κ1) is 14.9. The quantitative estimate of drug-likeness (QED) is 0.839. The maximum Gasteiger partial charge on any atom is 0.222 e. The molecule has 4 nitrogen and oxygen atoms in total. The van der Waals surface area contributed by atoms with E-state index in [1.165, 1.54) is 12.1 Å². The Labute approximate surface area is 118 Å². The molecule has 1 amide bonds. The van der Waals surface area contributed by atoms with Crippen molar-refractivity contribution < 1.29 is 19.0 Å². The third-order valence-electron chi connectivity index (χ3n) is 3.46. The molecule has 1 aliphatic rings. The average molecular weight is 281 g/mol. The molecule has 1 atom stereocenters. The number of nitrogens with zero attached hydrogens (tertiary/aromatic N) is 1. The summed E-state index contributed by atoms with van der Waals surface area (Å²) in [5, 5.41) is 8.73. The molecule has 0 spiro atoms. The molecular weight excluding hydrogens is 261 g/mol. The van der Waals surface area contributed by atoms with Crippen LogP contribution in [0.15, 0.2) is 24.3 Å². The van der Waals surface area contributed by atoms with E-state index in [0.717, 1.165) is 5.56 Å². The van der Waals surface area contributed by atoms with Crippen LogP contribution in [-0.4, -0.2) is 42.2 Å². The second kappa shape index (κ2) is 7.36. The van der Waals surface area contributed by atoms with Crippen LogP contribution in [0.25, 0.3) is 0 Å². The van der Waals surface area contributed by atoms with Gasteiger partial charge < -0.3 is 14.7 Å². The lowest BCUT2D eigenvalue weighted by Gasteiger charge is -2.33. The number of rotatable bonds is 5. The standard InChI is InChI=1S/C15H20FNO3/c16-13-6-4-12(5-7-13)14-11-17(8-10-20-14)15(19)3-1-2-9-18/h4-7,14,18H,1-3,8-11H2. The zero-order valence-electron chi connectivity index (χ0n) is 11.4. The molecule has 0 aliphatic carbocycles. The fourth-order valence-electron chi connectivity index (χ4n) is 2.30. The van der Waals surface area contributed by atoms with Gasteiger partial charge in [0.2, 0.25) is 5.91 Å². The van der Waals surface area contributed by atoms with Crippen molar-refractivity contribution >= 4 is 5.91 Å². The highest BCUT2D eigenvalue weighted by Crippen LogP contribution is 2.23. The molecule has 1 aliphatic heterocycles. The Balaban J connectivity index is 1.91. The number of benzene rings is 1. The van der Waals surface area contributed by atoms with Gasteiger partial charge in [-0.3, -0.25) is 4.79 Å². The van der Waals surface area contributed by atoms with E-state index in [-0.39, 0.29) is 24.4 Å². The fourth-order valence-corrected chi connectivity index (χ4v) is 2.30. The summed E-state index contributed by atoms with van der Waals surface area (Å²) in [6.07, 6.45) is 1.62. The Hall–Kier alpha value is -1.46. The van der Waals surface area contributed by atoms with Gasteiger partial charge in [-0.15, -0.1) is 0 Å². The summed E-state index contributed by atoms with van der Waals surface area (Å²) in [6, 6.07) is 6.20. The topological polar surface area (TPSA) is 49.8 Å². The molecule has 1 fully saturated rings. The molecule has 1 saturated heterocycles.